The van der Waals surface area contributed by atoms with E-state index in [2.05, 4.69) is 20.9 Å². The summed E-state index contributed by atoms with van der Waals surface area (Å²) in [6.45, 7) is 1.25. The van der Waals surface area contributed by atoms with Gasteiger partial charge in [0.1, 0.15) is 5.15 Å². The van der Waals surface area contributed by atoms with Crippen molar-refractivity contribution < 1.29 is 4.79 Å². The number of nitrogens with zero attached hydrogens (tertiary/aromatic N) is 2. The van der Waals surface area contributed by atoms with Crippen LogP contribution in [0.4, 0.5) is 0 Å². The molecule has 1 amide bonds. The zero-order valence-electron chi connectivity index (χ0n) is 9.94. The molecule has 0 radical (unpaired) electrons. The maximum Gasteiger partial charge on any atom is 0.257 e. The number of halogens is 2. The highest BCUT2D eigenvalue weighted by Gasteiger charge is 2.25. The third-order valence-electron chi connectivity index (χ3n) is 3.16. The molecule has 19 heavy (non-hydrogen) atoms. The van der Waals surface area contributed by atoms with E-state index in [1.54, 1.807) is 17.2 Å². The molecule has 1 aromatic carbocycles. The second-order valence-corrected chi connectivity index (χ2v) is 5.70. The first-order valence-corrected chi connectivity index (χ1v) is 6.99. The van der Waals surface area contributed by atoms with E-state index in [1.165, 1.54) is 11.1 Å². The first-order valence-electron chi connectivity index (χ1n) is 5.82. The molecule has 1 aromatic heterocycles. The number of carbonyl (C=O) groups excluding carboxylic acids is 1. The summed E-state index contributed by atoms with van der Waals surface area (Å²) in [5.41, 5.74) is 2.81. The molecule has 2 heterocycles. The Bertz CT molecular complexity index is 635. The number of hydrogen-bond donors (Lipinski definition) is 0. The van der Waals surface area contributed by atoms with Gasteiger partial charge >= 0.3 is 0 Å². The molecule has 2 aromatic rings. The van der Waals surface area contributed by atoms with Gasteiger partial charge in [-0.2, -0.15) is 0 Å². The summed E-state index contributed by atoms with van der Waals surface area (Å²) < 4.78 is 0.747. The van der Waals surface area contributed by atoms with Crippen LogP contribution in [0.1, 0.15) is 21.5 Å². The van der Waals surface area contributed by atoms with Crippen molar-refractivity contribution in [3.8, 4) is 0 Å². The normalized spacial score (nSPS) is 13.5. The van der Waals surface area contributed by atoms with Crippen molar-refractivity contribution in [3.05, 3.63) is 62.8 Å². The van der Waals surface area contributed by atoms with Crippen molar-refractivity contribution in [2.24, 2.45) is 0 Å². The van der Waals surface area contributed by atoms with Crippen LogP contribution >= 0.6 is 27.5 Å². The topological polar surface area (TPSA) is 33.2 Å². The number of amides is 1. The van der Waals surface area contributed by atoms with Crippen molar-refractivity contribution in [2.75, 3.05) is 0 Å². The molecule has 0 atom stereocenters. The monoisotopic (exact) mass is 336 g/mol. The molecule has 0 unspecified atom stereocenters. The number of pyridine rings is 1. The minimum atomic E-state index is -0.0880. The number of benzene rings is 1. The molecule has 96 valence electrons. The lowest BCUT2D eigenvalue weighted by Gasteiger charge is -2.16. The van der Waals surface area contributed by atoms with Gasteiger partial charge in [-0.05, 0) is 33.1 Å². The number of aromatic nitrogens is 1. The summed E-state index contributed by atoms with van der Waals surface area (Å²) in [6, 6.07) is 9.77. The van der Waals surface area contributed by atoms with Crippen molar-refractivity contribution in [2.45, 2.75) is 13.1 Å². The van der Waals surface area contributed by atoms with Gasteiger partial charge in [0, 0.05) is 23.8 Å². The zero-order chi connectivity index (χ0) is 13.4. The maximum absolute atomic E-state index is 12.5. The first kappa shape index (κ1) is 12.6. The summed E-state index contributed by atoms with van der Waals surface area (Å²) in [5.74, 6) is -0.0880. The predicted molar refractivity (Wildman–Crippen MR) is 77.0 cm³/mol. The molecule has 3 rings (SSSR count). The van der Waals surface area contributed by atoms with Crippen molar-refractivity contribution in [1.82, 2.24) is 9.88 Å². The molecule has 0 bridgehead atoms. The number of carbonyl (C=O) groups is 1. The lowest BCUT2D eigenvalue weighted by molar-refractivity contribution is 0.0751. The number of fused-ring (bicyclic) bond motifs is 1. The standard InChI is InChI=1S/C14H10BrClN2O/c15-11-5-12(13(16)17-6-11)14(19)18-7-9-3-1-2-4-10(9)8-18/h1-6H,7-8H2. The quantitative estimate of drug-likeness (QED) is 0.744. The fourth-order valence-corrected chi connectivity index (χ4v) is 2.74. The minimum Gasteiger partial charge on any atom is -0.330 e. The maximum atomic E-state index is 12.5. The summed E-state index contributed by atoms with van der Waals surface area (Å²) in [6.07, 6.45) is 1.58. The average Bonchev–Trinajstić information content (AvgIpc) is 2.84. The van der Waals surface area contributed by atoms with E-state index in [1.807, 2.05) is 24.3 Å². The van der Waals surface area contributed by atoms with Gasteiger partial charge in [-0.15, -0.1) is 0 Å². The Morgan fingerprint density at radius 2 is 1.89 bits per heavy atom. The van der Waals surface area contributed by atoms with Crippen LogP contribution in [0, 0.1) is 0 Å². The van der Waals surface area contributed by atoms with E-state index in [9.17, 15) is 4.79 Å². The Balaban J connectivity index is 1.89. The van der Waals surface area contributed by atoms with E-state index >= 15 is 0 Å². The molecule has 0 fully saturated rings. The van der Waals surface area contributed by atoms with Crippen LogP contribution in [0.2, 0.25) is 5.15 Å². The number of hydrogen-bond acceptors (Lipinski definition) is 2. The molecule has 0 aliphatic carbocycles. The second kappa shape index (κ2) is 4.94. The Kier molecular flexibility index (Phi) is 3.29. The highest BCUT2D eigenvalue weighted by atomic mass is 79.9. The van der Waals surface area contributed by atoms with E-state index in [0.29, 0.717) is 18.7 Å². The van der Waals surface area contributed by atoms with Crippen LogP contribution in [-0.4, -0.2) is 15.8 Å². The Hall–Kier alpha value is -1.39. The fraction of sp³-hybridized carbons (Fsp3) is 0.143. The van der Waals surface area contributed by atoms with E-state index < -0.39 is 0 Å². The molecule has 5 heteroatoms. The van der Waals surface area contributed by atoms with Gasteiger partial charge < -0.3 is 4.90 Å². The highest BCUT2D eigenvalue weighted by molar-refractivity contribution is 9.10. The Labute approximate surface area is 124 Å². The van der Waals surface area contributed by atoms with Crippen molar-refractivity contribution in [3.63, 3.8) is 0 Å². The summed E-state index contributed by atoms with van der Waals surface area (Å²) in [4.78, 5) is 18.2. The smallest absolute Gasteiger partial charge is 0.257 e. The Morgan fingerprint density at radius 3 is 2.53 bits per heavy atom. The van der Waals surface area contributed by atoms with Crippen molar-refractivity contribution in [1.29, 1.82) is 0 Å². The van der Waals surface area contributed by atoms with Crippen LogP contribution in [0.5, 0.6) is 0 Å². The third kappa shape index (κ3) is 2.38. The van der Waals surface area contributed by atoms with Gasteiger partial charge in [-0.3, -0.25) is 4.79 Å². The van der Waals surface area contributed by atoms with Gasteiger partial charge in [0.05, 0.1) is 5.56 Å². The zero-order valence-corrected chi connectivity index (χ0v) is 12.3. The largest absolute Gasteiger partial charge is 0.330 e. The van der Waals surface area contributed by atoms with Crippen LogP contribution in [0.15, 0.2) is 41.0 Å². The van der Waals surface area contributed by atoms with Gasteiger partial charge in [-0.1, -0.05) is 35.9 Å². The van der Waals surface area contributed by atoms with Gasteiger partial charge in [0.2, 0.25) is 0 Å². The molecule has 0 saturated heterocycles. The number of rotatable bonds is 1. The third-order valence-corrected chi connectivity index (χ3v) is 3.90. The highest BCUT2D eigenvalue weighted by Crippen LogP contribution is 2.26. The van der Waals surface area contributed by atoms with Gasteiger partial charge in [-0.25, -0.2) is 4.98 Å². The van der Waals surface area contributed by atoms with Gasteiger partial charge in [0.25, 0.3) is 5.91 Å². The van der Waals surface area contributed by atoms with Crippen LogP contribution in [0.3, 0.4) is 0 Å². The van der Waals surface area contributed by atoms with E-state index in [0.717, 1.165) is 4.47 Å². The lowest BCUT2D eigenvalue weighted by Crippen LogP contribution is -2.25. The van der Waals surface area contributed by atoms with E-state index in [4.69, 9.17) is 11.6 Å². The van der Waals surface area contributed by atoms with Crippen molar-refractivity contribution >= 4 is 33.4 Å². The average molecular weight is 338 g/mol. The summed E-state index contributed by atoms with van der Waals surface area (Å²) in [7, 11) is 0. The molecule has 0 N–H and O–H groups in total. The predicted octanol–water partition coefficient (Wildman–Crippen LogP) is 3.65. The summed E-state index contributed by atoms with van der Waals surface area (Å²) in [5, 5.41) is 0.240. The summed E-state index contributed by atoms with van der Waals surface area (Å²) >= 11 is 9.31. The molecule has 3 nitrogen and oxygen atoms in total. The minimum absolute atomic E-state index is 0.0880. The SMILES string of the molecule is O=C(c1cc(Br)cnc1Cl)N1Cc2ccccc2C1. The molecule has 0 saturated carbocycles. The molecule has 0 spiro atoms. The first-order chi connectivity index (χ1) is 9.15. The lowest BCUT2D eigenvalue weighted by atomic mass is 10.1. The second-order valence-electron chi connectivity index (χ2n) is 4.42. The Morgan fingerprint density at radius 1 is 1.26 bits per heavy atom. The fourth-order valence-electron chi connectivity index (χ4n) is 2.22. The molecular formula is C14H10BrClN2O. The van der Waals surface area contributed by atoms with Gasteiger partial charge in [0.15, 0.2) is 0 Å². The molecular weight excluding hydrogens is 328 g/mol. The van der Waals surface area contributed by atoms with E-state index in [-0.39, 0.29) is 11.1 Å². The van der Waals surface area contributed by atoms with Crippen LogP contribution in [-0.2, 0) is 13.1 Å². The van der Waals surface area contributed by atoms with Crippen LogP contribution < -0.4 is 0 Å². The molecule has 1 aliphatic rings. The molecule has 1 aliphatic heterocycles. The van der Waals surface area contributed by atoms with Crippen LogP contribution in [0.25, 0.3) is 0 Å².